The number of aliphatic carboxylic acids is 1. The van der Waals surface area contributed by atoms with Crippen LogP contribution in [0.25, 0.3) is 0 Å². The summed E-state index contributed by atoms with van der Waals surface area (Å²) in [6.07, 6.45) is 2.02. The number of ether oxygens (including phenoxy) is 2. The van der Waals surface area contributed by atoms with Crippen molar-refractivity contribution in [3.8, 4) is 11.5 Å². The second-order valence-electron chi connectivity index (χ2n) is 5.07. The van der Waals surface area contributed by atoms with Gasteiger partial charge in [0.15, 0.2) is 18.1 Å². The number of hydrogen-bond acceptors (Lipinski definition) is 6. The third-order valence-electron chi connectivity index (χ3n) is 3.11. The number of carboxylic acid groups (broad SMARTS) is 1. The number of benzene rings is 1. The first-order valence-electron chi connectivity index (χ1n) is 7.53. The lowest BCUT2D eigenvalue weighted by atomic mass is 10.2. The molecule has 1 atom stereocenters. The largest absolute Gasteiger partial charge is 0.493 e. The fourth-order valence-electron chi connectivity index (χ4n) is 1.63. The Morgan fingerprint density at radius 2 is 2.00 bits per heavy atom. The molecule has 1 aromatic rings. The summed E-state index contributed by atoms with van der Waals surface area (Å²) in [6, 6.07) is 4.55. The number of nitrogens with one attached hydrogen (secondary N) is 2. The van der Waals surface area contributed by atoms with E-state index in [1.807, 2.05) is 6.92 Å². The maximum absolute atomic E-state index is 11.6. The van der Waals surface area contributed by atoms with Crippen LogP contribution in [-0.2, 0) is 14.4 Å². The van der Waals surface area contributed by atoms with Crippen LogP contribution in [0.2, 0.25) is 0 Å². The van der Waals surface area contributed by atoms with E-state index in [-0.39, 0.29) is 11.8 Å². The van der Waals surface area contributed by atoms with Crippen molar-refractivity contribution in [3.63, 3.8) is 0 Å². The average molecular weight is 351 g/mol. The summed E-state index contributed by atoms with van der Waals surface area (Å²) in [7, 11) is 1.41. The minimum atomic E-state index is -1.11. The van der Waals surface area contributed by atoms with Gasteiger partial charge in [0, 0.05) is 6.04 Å². The Balaban J connectivity index is 2.66. The summed E-state index contributed by atoms with van der Waals surface area (Å²) in [5.41, 5.74) is 2.68. The van der Waals surface area contributed by atoms with Gasteiger partial charge in [0.1, 0.15) is 0 Å². The standard InChI is InChI=1S/C16H21N3O6/c1-4-10(2)18-15(22)16(23)19-17-8-11-5-6-12(13(7-11)24-3)25-9-14(20)21/h5-8,10H,4,9H2,1-3H3,(H,18,22)(H,19,23)(H,20,21)/b17-8-/t10-/m1/s1. The van der Waals surface area contributed by atoms with Gasteiger partial charge in [0.25, 0.3) is 0 Å². The van der Waals surface area contributed by atoms with E-state index in [1.165, 1.54) is 19.4 Å². The number of nitrogens with zero attached hydrogens (tertiary/aromatic N) is 1. The molecule has 0 fully saturated rings. The highest BCUT2D eigenvalue weighted by atomic mass is 16.5. The molecule has 0 heterocycles. The molecule has 0 aromatic heterocycles. The first-order valence-corrected chi connectivity index (χ1v) is 7.53. The van der Waals surface area contributed by atoms with Gasteiger partial charge in [-0.25, -0.2) is 10.2 Å². The summed E-state index contributed by atoms with van der Waals surface area (Å²) < 4.78 is 10.2. The summed E-state index contributed by atoms with van der Waals surface area (Å²) in [5, 5.41) is 14.8. The third-order valence-corrected chi connectivity index (χ3v) is 3.11. The molecule has 0 aliphatic rings. The van der Waals surface area contributed by atoms with Crippen molar-refractivity contribution in [1.82, 2.24) is 10.7 Å². The van der Waals surface area contributed by atoms with Gasteiger partial charge >= 0.3 is 17.8 Å². The van der Waals surface area contributed by atoms with Crippen LogP contribution < -0.4 is 20.2 Å². The van der Waals surface area contributed by atoms with Crippen molar-refractivity contribution < 1.29 is 29.0 Å². The number of carboxylic acids is 1. The molecule has 0 aliphatic heterocycles. The second kappa shape index (κ2) is 9.91. The number of hydrogen-bond donors (Lipinski definition) is 3. The van der Waals surface area contributed by atoms with Crippen LogP contribution >= 0.6 is 0 Å². The molecular formula is C16H21N3O6. The maximum Gasteiger partial charge on any atom is 0.341 e. The van der Waals surface area contributed by atoms with E-state index in [1.54, 1.807) is 19.1 Å². The van der Waals surface area contributed by atoms with E-state index in [0.29, 0.717) is 17.7 Å². The SMILES string of the molecule is CC[C@@H](C)NC(=O)C(=O)N/N=C\c1ccc(OCC(=O)O)c(OC)c1. The Bertz CT molecular complexity index is 659. The van der Waals surface area contributed by atoms with E-state index >= 15 is 0 Å². The van der Waals surface area contributed by atoms with Crippen molar-refractivity contribution in [2.45, 2.75) is 26.3 Å². The van der Waals surface area contributed by atoms with E-state index < -0.39 is 24.4 Å². The molecule has 9 heteroatoms. The smallest absolute Gasteiger partial charge is 0.341 e. The van der Waals surface area contributed by atoms with Gasteiger partial charge in [-0.2, -0.15) is 5.10 Å². The van der Waals surface area contributed by atoms with E-state index in [4.69, 9.17) is 14.6 Å². The van der Waals surface area contributed by atoms with Gasteiger partial charge in [-0.05, 0) is 37.1 Å². The second-order valence-corrected chi connectivity index (χ2v) is 5.07. The highest BCUT2D eigenvalue weighted by molar-refractivity contribution is 6.35. The lowest BCUT2D eigenvalue weighted by Gasteiger charge is -2.10. The fraction of sp³-hybridized carbons (Fsp3) is 0.375. The number of methoxy groups -OCH3 is 1. The Morgan fingerprint density at radius 3 is 2.60 bits per heavy atom. The van der Waals surface area contributed by atoms with Crippen molar-refractivity contribution in [2.24, 2.45) is 5.10 Å². The third kappa shape index (κ3) is 6.90. The minimum Gasteiger partial charge on any atom is -0.493 e. The van der Waals surface area contributed by atoms with Crippen molar-refractivity contribution in [1.29, 1.82) is 0 Å². The molecule has 3 N–H and O–H groups in total. The zero-order valence-corrected chi connectivity index (χ0v) is 14.2. The molecule has 0 saturated heterocycles. The molecule has 0 saturated carbocycles. The summed E-state index contributed by atoms with van der Waals surface area (Å²) in [5.74, 6) is -2.16. The minimum absolute atomic E-state index is 0.107. The molecule has 0 radical (unpaired) electrons. The fourth-order valence-corrected chi connectivity index (χ4v) is 1.63. The Hall–Kier alpha value is -3.10. The van der Waals surface area contributed by atoms with E-state index in [2.05, 4.69) is 15.8 Å². The number of hydrazone groups is 1. The van der Waals surface area contributed by atoms with Gasteiger partial charge in [-0.1, -0.05) is 6.92 Å². The predicted octanol–water partition coefficient (Wildman–Crippen LogP) is 0.523. The summed E-state index contributed by atoms with van der Waals surface area (Å²) >= 11 is 0. The van der Waals surface area contributed by atoms with Crippen molar-refractivity contribution in [2.75, 3.05) is 13.7 Å². The number of amides is 2. The molecular weight excluding hydrogens is 330 g/mol. The highest BCUT2D eigenvalue weighted by Gasteiger charge is 2.14. The average Bonchev–Trinajstić information content (AvgIpc) is 2.59. The van der Waals surface area contributed by atoms with Crippen LogP contribution in [0.5, 0.6) is 11.5 Å². The molecule has 0 bridgehead atoms. The van der Waals surface area contributed by atoms with Crippen LogP contribution in [0.4, 0.5) is 0 Å². The molecule has 136 valence electrons. The molecule has 0 unspecified atom stereocenters. The lowest BCUT2D eigenvalue weighted by molar-refractivity contribution is -0.139. The van der Waals surface area contributed by atoms with Crippen LogP contribution in [0.3, 0.4) is 0 Å². The maximum atomic E-state index is 11.6. The van der Waals surface area contributed by atoms with E-state index in [9.17, 15) is 14.4 Å². The first kappa shape index (κ1) is 19.9. The molecule has 1 rings (SSSR count). The Morgan fingerprint density at radius 1 is 1.28 bits per heavy atom. The van der Waals surface area contributed by atoms with Crippen molar-refractivity contribution >= 4 is 24.0 Å². The number of carbonyl (C=O) groups excluding carboxylic acids is 2. The van der Waals surface area contributed by atoms with Crippen LogP contribution in [0.1, 0.15) is 25.8 Å². The molecule has 0 spiro atoms. The molecule has 25 heavy (non-hydrogen) atoms. The van der Waals surface area contributed by atoms with Gasteiger partial charge < -0.3 is 19.9 Å². The molecule has 1 aromatic carbocycles. The van der Waals surface area contributed by atoms with E-state index in [0.717, 1.165) is 0 Å². The summed E-state index contributed by atoms with van der Waals surface area (Å²) in [6.45, 7) is 3.18. The Labute approximate surface area is 145 Å². The van der Waals surface area contributed by atoms with Gasteiger partial charge in [-0.3, -0.25) is 9.59 Å². The van der Waals surface area contributed by atoms with Crippen LogP contribution in [-0.4, -0.2) is 48.9 Å². The van der Waals surface area contributed by atoms with Gasteiger partial charge in [0.05, 0.1) is 13.3 Å². The first-order chi connectivity index (χ1) is 11.9. The number of carbonyl (C=O) groups is 3. The highest BCUT2D eigenvalue weighted by Crippen LogP contribution is 2.27. The van der Waals surface area contributed by atoms with Crippen molar-refractivity contribution in [3.05, 3.63) is 23.8 Å². The van der Waals surface area contributed by atoms with Gasteiger partial charge in [0.2, 0.25) is 0 Å². The Kier molecular flexibility index (Phi) is 7.91. The van der Waals surface area contributed by atoms with Crippen LogP contribution in [0, 0.1) is 0 Å². The van der Waals surface area contributed by atoms with Gasteiger partial charge in [-0.15, -0.1) is 0 Å². The van der Waals surface area contributed by atoms with Crippen LogP contribution in [0.15, 0.2) is 23.3 Å². The zero-order chi connectivity index (χ0) is 18.8. The monoisotopic (exact) mass is 351 g/mol. The topological polar surface area (TPSA) is 126 Å². The summed E-state index contributed by atoms with van der Waals surface area (Å²) in [4.78, 5) is 33.6. The lowest BCUT2D eigenvalue weighted by Crippen LogP contribution is -2.41. The predicted molar refractivity (Wildman–Crippen MR) is 89.8 cm³/mol. The molecule has 0 aliphatic carbocycles. The quantitative estimate of drug-likeness (QED) is 0.356. The number of rotatable bonds is 8. The molecule has 9 nitrogen and oxygen atoms in total. The zero-order valence-electron chi connectivity index (χ0n) is 14.2. The normalized spacial score (nSPS) is 11.6. The molecule has 2 amide bonds.